The minimum absolute atomic E-state index is 0.198. The van der Waals surface area contributed by atoms with Crippen LogP contribution in [0.25, 0.3) is 0 Å². The molecule has 0 saturated carbocycles. The van der Waals surface area contributed by atoms with Crippen LogP contribution in [-0.2, 0) is 6.42 Å². The fourth-order valence-electron chi connectivity index (χ4n) is 1.94. The Kier molecular flexibility index (Phi) is 5.39. The van der Waals surface area contributed by atoms with Gasteiger partial charge in [-0.1, -0.05) is 24.6 Å². The minimum atomic E-state index is -0.299. The third-order valence-corrected chi connectivity index (χ3v) is 4.98. The van der Waals surface area contributed by atoms with Crippen molar-refractivity contribution in [2.45, 2.75) is 19.4 Å². The molecule has 1 nitrogen and oxygen atoms in total. The molecule has 1 heterocycles. The van der Waals surface area contributed by atoms with Gasteiger partial charge >= 0.3 is 0 Å². The van der Waals surface area contributed by atoms with E-state index >= 15 is 0 Å². The van der Waals surface area contributed by atoms with E-state index in [0.29, 0.717) is 5.02 Å². The van der Waals surface area contributed by atoms with Crippen molar-refractivity contribution in [3.63, 3.8) is 0 Å². The number of hydrogen-bond donors (Lipinski definition) is 1. The number of rotatable bonds is 5. The molecule has 0 aliphatic rings. The van der Waals surface area contributed by atoms with Crippen LogP contribution in [-0.4, -0.2) is 6.54 Å². The van der Waals surface area contributed by atoms with Gasteiger partial charge in [-0.25, -0.2) is 4.39 Å². The summed E-state index contributed by atoms with van der Waals surface area (Å²) in [6.07, 6.45) is 0.750. The molecular formula is C14H14BrClFNS. The van der Waals surface area contributed by atoms with Crippen molar-refractivity contribution in [2.24, 2.45) is 0 Å². The highest BCUT2D eigenvalue weighted by Gasteiger charge is 2.15. The molecule has 0 radical (unpaired) electrons. The Morgan fingerprint density at radius 1 is 1.42 bits per heavy atom. The van der Waals surface area contributed by atoms with Gasteiger partial charge in [-0.15, -0.1) is 11.3 Å². The highest BCUT2D eigenvalue weighted by Crippen LogP contribution is 2.30. The molecule has 2 rings (SSSR count). The molecule has 0 spiro atoms. The number of halogens is 3. The maximum absolute atomic E-state index is 13.1. The van der Waals surface area contributed by atoms with Crippen molar-refractivity contribution in [3.8, 4) is 0 Å². The van der Waals surface area contributed by atoms with Gasteiger partial charge in [0.1, 0.15) is 5.82 Å². The van der Waals surface area contributed by atoms with Crippen LogP contribution in [0.4, 0.5) is 4.39 Å². The zero-order valence-corrected chi connectivity index (χ0v) is 13.6. The van der Waals surface area contributed by atoms with E-state index in [0.717, 1.165) is 23.0 Å². The summed E-state index contributed by atoms with van der Waals surface area (Å²) in [5.74, 6) is -0.299. The largest absolute Gasteiger partial charge is 0.309 e. The van der Waals surface area contributed by atoms with E-state index in [1.165, 1.54) is 17.0 Å². The van der Waals surface area contributed by atoms with Crippen LogP contribution in [0.1, 0.15) is 23.4 Å². The van der Waals surface area contributed by atoms with Crippen LogP contribution in [0, 0.1) is 5.82 Å². The van der Waals surface area contributed by atoms with Crippen LogP contribution in [0.3, 0.4) is 0 Å². The first-order chi connectivity index (χ1) is 9.10. The molecule has 0 bridgehead atoms. The first-order valence-electron chi connectivity index (χ1n) is 6.01. The predicted molar refractivity (Wildman–Crippen MR) is 83.6 cm³/mol. The lowest BCUT2D eigenvalue weighted by Gasteiger charge is -2.17. The number of thiophene rings is 1. The minimum Gasteiger partial charge on any atom is -0.309 e. The van der Waals surface area contributed by atoms with Crippen LogP contribution in [0.2, 0.25) is 5.02 Å². The Morgan fingerprint density at radius 3 is 2.79 bits per heavy atom. The number of likely N-dealkylation sites (N-methyl/N-ethyl adjacent to an activating group) is 1. The lowest BCUT2D eigenvalue weighted by molar-refractivity contribution is 0.557. The summed E-state index contributed by atoms with van der Waals surface area (Å²) < 4.78 is 14.1. The summed E-state index contributed by atoms with van der Waals surface area (Å²) in [7, 11) is 0. The predicted octanol–water partition coefficient (Wildman–Crippen LogP) is 5.20. The summed E-state index contributed by atoms with van der Waals surface area (Å²) in [6, 6.07) is 6.88. The van der Waals surface area contributed by atoms with Gasteiger partial charge in [-0.3, -0.25) is 0 Å². The summed E-state index contributed by atoms with van der Waals surface area (Å²) in [5.41, 5.74) is 0.957. The Balaban J connectivity index is 2.21. The van der Waals surface area contributed by atoms with E-state index in [4.69, 9.17) is 11.6 Å². The van der Waals surface area contributed by atoms with Crippen LogP contribution in [0.5, 0.6) is 0 Å². The highest BCUT2D eigenvalue weighted by atomic mass is 79.9. The zero-order valence-electron chi connectivity index (χ0n) is 10.4. The Hall–Kier alpha value is -0.420. The summed E-state index contributed by atoms with van der Waals surface area (Å²) in [5, 5.41) is 5.99. The fourth-order valence-corrected chi connectivity index (χ4v) is 3.70. The number of hydrogen-bond acceptors (Lipinski definition) is 2. The van der Waals surface area contributed by atoms with E-state index in [2.05, 4.69) is 39.6 Å². The maximum atomic E-state index is 13.1. The molecular weight excluding hydrogens is 349 g/mol. The summed E-state index contributed by atoms with van der Waals surface area (Å²) in [4.78, 5) is 1.24. The Morgan fingerprint density at radius 2 is 2.21 bits per heavy atom. The summed E-state index contributed by atoms with van der Waals surface area (Å²) in [6.45, 7) is 2.95. The van der Waals surface area contributed by atoms with Crippen molar-refractivity contribution in [1.82, 2.24) is 5.32 Å². The van der Waals surface area contributed by atoms with Gasteiger partial charge in [0.2, 0.25) is 0 Å². The molecule has 1 aromatic heterocycles. The van der Waals surface area contributed by atoms with Gasteiger partial charge < -0.3 is 5.32 Å². The second kappa shape index (κ2) is 6.84. The number of nitrogens with one attached hydrogen (secondary N) is 1. The van der Waals surface area contributed by atoms with E-state index in [-0.39, 0.29) is 11.9 Å². The smallest absolute Gasteiger partial charge is 0.124 e. The van der Waals surface area contributed by atoms with Gasteiger partial charge in [-0.2, -0.15) is 0 Å². The molecule has 102 valence electrons. The molecule has 1 N–H and O–H groups in total. The molecule has 1 unspecified atom stereocenters. The summed E-state index contributed by atoms with van der Waals surface area (Å²) >= 11 is 11.3. The second-order valence-corrected chi connectivity index (χ2v) is 6.48. The Labute approximate surface area is 129 Å². The normalized spacial score (nSPS) is 12.6. The topological polar surface area (TPSA) is 12.0 Å². The maximum Gasteiger partial charge on any atom is 0.124 e. The van der Waals surface area contributed by atoms with Crippen molar-refractivity contribution in [2.75, 3.05) is 6.54 Å². The van der Waals surface area contributed by atoms with E-state index in [9.17, 15) is 4.39 Å². The molecule has 0 fully saturated rings. The molecule has 0 saturated heterocycles. The van der Waals surface area contributed by atoms with Gasteiger partial charge in [0.15, 0.2) is 0 Å². The van der Waals surface area contributed by atoms with Gasteiger partial charge in [0.05, 0.1) is 0 Å². The standard InChI is InChI=1S/C14H14BrClFNS/c1-2-18-13(14-6-10(15)8-19-14)5-9-3-4-11(17)7-12(9)16/h3-4,6-8,13,18H,2,5H2,1H3. The lowest BCUT2D eigenvalue weighted by Crippen LogP contribution is -2.22. The average Bonchev–Trinajstić information content (AvgIpc) is 2.78. The molecule has 1 atom stereocenters. The fraction of sp³-hybridized carbons (Fsp3) is 0.286. The van der Waals surface area contributed by atoms with E-state index in [1.807, 2.05) is 0 Å². The molecule has 0 aliphatic heterocycles. The highest BCUT2D eigenvalue weighted by molar-refractivity contribution is 9.10. The van der Waals surface area contributed by atoms with Gasteiger partial charge in [-0.05, 0) is 52.7 Å². The third kappa shape index (κ3) is 4.02. The van der Waals surface area contributed by atoms with Gasteiger partial charge in [0, 0.05) is 25.8 Å². The molecule has 2 aromatic rings. The second-order valence-electron chi connectivity index (χ2n) is 4.22. The van der Waals surface area contributed by atoms with Crippen LogP contribution >= 0.6 is 38.9 Å². The molecule has 0 amide bonds. The Bertz CT molecular complexity index is 558. The van der Waals surface area contributed by atoms with Crippen LogP contribution < -0.4 is 5.32 Å². The van der Waals surface area contributed by atoms with Gasteiger partial charge in [0.25, 0.3) is 0 Å². The molecule has 0 aliphatic carbocycles. The third-order valence-electron chi connectivity index (χ3n) is 2.82. The SMILES string of the molecule is CCNC(Cc1ccc(F)cc1Cl)c1cc(Br)cs1. The first-order valence-corrected chi connectivity index (χ1v) is 8.06. The van der Waals surface area contributed by atoms with E-state index in [1.54, 1.807) is 17.4 Å². The zero-order chi connectivity index (χ0) is 13.8. The van der Waals surface area contributed by atoms with E-state index < -0.39 is 0 Å². The molecule has 5 heteroatoms. The molecule has 1 aromatic carbocycles. The number of benzene rings is 1. The van der Waals surface area contributed by atoms with Crippen LogP contribution in [0.15, 0.2) is 34.1 Å². The monoisotopic (exact) mass is 361 g/mol. The van der Waals surface area contributed by atoms with Crippen molar-refractivity contribution in [3.05, 3.63) is 55.4 Å². The average molecular weight is 363 g/mol. The lowest BCUT2D eigenvalue weighted by atomic mass is 10.0. The van der Waals surface area contributed by atoms with Crippen molar-refractivity contribution >= 4 is 38.9 Å². The van der Waals surface area contributed by atoms with Crippen molar-refractivity contribution in [1.29, 1.82) is 0 Å². The molecule has 19 heavy (non-hydrogen) atoms. The van der Waals surface area contributed by atoms with Crippen molar-refractivity contribution < 1.29 is 4.39 Å². The first kappa shape index (κ1) is 15.0. The quantitative estimate of drug-likeness (QED) is 0.771.